The van der Waals surface area contributed by atoms with E-state index in [2.05, 4.69) is 26.2 Å². The molecule has 5 nitrogen and oxygen atoms in total. The first-order valence-electron chi connectivity index (χ1n) is 7.99. The summed E-state index contributed by atoms with van der Waals surface area (Å²) in [6.45, 7) is 1.79. The number of hydrogen-bond donors (Lipinski definition) is 1. The summed E-state index contributed by atoms with van der Waals surface area (Å²) in [7, 11) is 2.97. The van der Waals surface area contributed by atoms with Gasteiger partial charge in [0.2, 0.25) is 0 Å². The summed E-state index contributed by atoms with van der Waals surface area (Å²) in [4.78, 5) is 17.7. The second-order valence-electron chi connectivity index (χ2n) is 5.70. The van der Waals surface area contributed by atoms with Crippen molar-refractivity contribution in [3.63, 3.8) is 0 Å². The molecule has 0 atom stereocenters. The van der Waals surface area contributed by atoms with Gasteiger partial charge < -0.3 is 9.47 Å². The van der Waals surface area contributed by atoms with Crippen molar-refractivity contribution in [3.8, 4) is 22.8 Å². The van der Waals surface area contributed by atoms with E-state index in [-0.39, 0.29) is 0 Å². The highest BCUT2D eigenvalue weighted by Gasteiger charge is 2.18. The van der Waals surface area contributed by atoms with Crippen LogP contribution in [0, 0.1) is 18.6 Å². The van der Waals surface area contributed by atoms with Crippen LogP contribution in [0.4, 0.5) is 13.9 Å². The molecule has 28 heavy (non-hydrogen) atoms. The van der Waals surface area contributed by atoms with E-state index in [1.807, 2.05) is 0 Å². The number of benzene rings is 2. The number of rotatable bonds is 5. The van der Waals surface area contributed by atoms with E-state index in [0.29, 0.717) is 37.9 Å². The number of nitrogens with one attached hydrogen (secondary N) is 1. The number of carbonyl (C=O) groups is 1. The lowest BCUT2D eigenvalue weighted by Crippen LogP contribution is -2.12. The molecule has 0 spiro atoms. The summed E-state index contributed by atoms with van der Waals surface area (Å²) < 4.78 is 37.8. The SMILES string of the molecule is COc1cc(C(=O)Nc2nc(-c3ccc(F)c(F)c3)c(C)s2)cc(OC)c1Br. The molecule has 0 unspecified atom stereocenters. The Morgan fingerprint density at radius 2 is 1.75 bits per heavy atom. The molecule has 9 heteroatoms. The minimum Gasteiger partial charge on any atom is -0.495 e. The average Bonchev–Trinajstić information content (AvgIpc) is 3.04. The zero-order chi connectivity index (χ0) is 20.4. The Morgan fingerprint density at radius 1 is 1.11 bits per heavy atom. The van der Waals surface area contributed by atoms with E-state index in [1.54, 1.807) is 19.1 Å². The van der Waals surface area contributed by atoms with Gasteiger partial charge in [-0.25, -0.2) is 13.8 Å². The minimum absolute atomic E-state index is 0.319. The standard InChI is InChI=1S/C19H15BrF2N2O3S/c1-9-17(10-4-5-12(21)13(22)6-10)23-19(28-9)24-18(25)11-7-14(26-2)16(20)15(8-11)27-3/h4-8H,1-3H3,(H,23,24,25). The van der Waals surface area contributed by atoms with Crippen molar-refractivity contribution in [1.82, 2.24) is 4.98 Å². The number of nitrogens with zero attached hydrogens (tertiary/aromatic N) is 1. The fourth-order valence-corrected chi connectivity index (χ4v) is 3.91. The number of halogens is 3. The molecule has 1 amide bonds. The van der Waals surface area contributed by atoms with Crippen LogP contribution in [0.25, 0.3) is 11.3 Å². The second-order valence-corrected chi connectivity index (χ2v) is 7.70. The number of anilines is 1. The van der Waals surface area contributed by atoms with Crippen LogP contribution in [-0.2, 0) is 0 Å². The summed E-state index contributed by atoms with van der Waals surface area (Å²) in [5.41, 5.74) is 1.23. The lowest BCUT2D eigenvalue weighted by Gasteiger charge is -2.11. The fourth-order valence-electron chi connectivity index (χ4n) is 2.53. The Balaban J connectivity index is 1.88. The molecule has 0 aliphatic heterocycles. The molecule has 1 N–H and O–H groups in total. The zero-order valence-electron chi connectivity index (χ0n) is 15.1. The maximum Gasteiger partial charge on any atom is 0.257 e. The van der Waals surface area contributed by atoms with Gasteiger partial charge in [-0.1, -0.05) is 0 Å². The molecular formula is C19H15BrF2N2O3S. The first kappa shape index (κ1) is 20.2. The Hall–Kier alpha value is -2.52. The van der Waals surface area contributed by atoms with Crippen LogP contribution in [0.15, 0.2) is 34.8 Å². The van der Waals surface area contributed by atoms with Crippen molar-refractivity contribution in [1.29, 1.82) is 0 Å². The highest BCUT2D eigenvalue weighted by atomic mass is 79.9. The largest absolute Gasteiger partial charge is 0.495 e. The summed E-state index contributed by atoms with van der Waals surface area (Å²) in [5, 5.41) is 3.05. The first-order valence-corrected chi connectivity index (χ1v) is 9.60. The maximum absolute atomic E-state index is 13.5. The van der Waals surface area contributed by atoms with Crippen molar-refractivity contribution >= 4 is 38.3 Å². The highest BCUT2D eigenvalue weighted by molar-refractivity contribution is 9.10. The molecule has 3 aromatic rings. The molecule has 2 aromatic carbocycles. The Labute approximate surface area is 172 Å². The van der Waals surface area contributed by atoms with Gasteiger partial charge in [-0.15, -0.1) is 11.3 Å². The quantitative estimate of drug-likeness (QED) is 0.542. The van der Waals surface area contributed by atoms with Gasteiger partial charge in [0, 0.05) is 16.0 Å². The van der Waals surface area contributed by atoms with Crippen molar-refractivity contribution in [2.75, 3.05) is 19.5 Å². The normalized spacial score (nSPS) is 10.6. The second kappa shape index (κ2) is 8.24. The maximum atomic E-state index is 13.5. The van der Waals surface area contributed by atoms with E-state index in [9.17, 15) is 13.6 Å². The van der Waals surface area contributed by atoms with Crippen LogP contribution in [-0.4, -0.2) is 25.1 Å². The van der Waals surface area contributed by atoms with Gasteiger partial charge in [0.15, 0.2) is 16.8 Å². The van der Waals surface area contributed by atoms with Crippen LogP contribution < -0.4 is 14.8 Å². The Morgan fingerprint density at radius 3 is 2.32 bits per heavy atom. The monoisotopic (exact) mass is 468 g/mol. The van der Waals surface area contributed by atoms with Gasteiger partial charge >= 0.3 is 0 Å². The number of hydrogen-bond acceptors (Lipinski definition) is 5. The molecule has 1 heterocycles. The van der Waals surface area contributed by atoms with Crippen molar-refractivity contribution in [2.24, 2.45) is 0 Å². The first-order chi connectivity index (χ1) is 13.3. The van der Waals surface area contributed by atoms with Crippen molar-refractivity contribution in [3.05, 3.63) is 56.9 Å². The molecule has 1 aromatic heterocycles. The van der Waals surface area contributed by atoms with Gasteiger partial charge in [-0.2, -0.15) is 0 Å². The smallest absolute Gasteiger partial charge is 0.257 e. The predicted molar refractivity (Wildman–Crippen MR) is 107 cm³/mol. The fraction of sp³-hybridized carbons (Fsp3) is 0.158. The zero-order valence-corrected chi connectivity index (χ0v) is 17.5. The van der Waals surface area contributed by atoms with Crippen LogP contribution >= 0.6 is 27.3 Å². The number of methoxy groups -OCH3 is 2. The molecule has 0 aliphatic rings. The van der Waals surface area contributed by atoms with Crippen molar-refractivity contribution < 1.29 is 23.0 Å². The molecule has 3 rings (SSSR count). The predicted octanol–water partition coefficient (Wildman–Crippen LogP) is 5.43. The van der Waals surface area contributed by atoms with Gasteiger partial charge in [0.25, 0.3) is 5.91 Å². The number of aromatic nitrogens is 1. The Kier molecular flexibility index (Phi) is 5.95. The van der Waals surface area contributed by atoms with Gasteiger partial charge in [-0.3, -0.25) is 10.1 Å². The number of aryl methyl sites for hydroxylation is 1. The third-order valence-corrected chi connectivity index (χ3v) is 5.59. The Bertz CT molecular complexity index is 1030. The molecule has 0 aliphatic carbocycles. The van der Waals surface area contributed by atoms with E-state index >= 15 is 0 Å². The molecule has 0 bridgehead atoms. The van der Waals surface area contributed by atoms with Gasteiger partial charge in [-0.05, 0) is 53.2 Å². The number of thiazole rings is 1. The van der Waals surface area contributed by atoms with E-state index in [0.717, 1.165) is 17.0 Å². The highest BCUT2D eigenvalue weighted by Crippen LogP contribution is 2.36. The summed E-state index contributed by atoms with van der Waals surface area (Å²) >= 11 is 4.59. The minimum atomic E-state index is -0.954. The molecule has 146 valence electrons. The number of ether oxygens (including phenoxy) is 2. The lowest BCUT2D eigenvalue weighted by molar-refractivity contribution is 0.102. The van der Waals surface area contributed by atoms with E-state index < -0.39 is 17.5 Å². The lowest BCUT2D eigenvalue weighted by atomic mass is 10.1. The molecule has 0 fully saturated rings. The van der Waals surface area contributed by atoms with Gasteiger partial charge in [0.1, 0.15) is 16.0 Å². The van der Waals surface area contributed by atoms with Gasteiger partial charge in [0.05, 0.1) is 19.9 Å². The molecule has 0 saturated carbocycles. The van der Waals surface area contributed by atoms with Crippen LogP contribution in [0.5, 0.6) is 11.5 Å². The summed E-state index contributed by atoms with van der Waals surface area (Å²) in [6.07, 6.45) is 0. The van der Waals surface area contributed by atoms with Crippen molar-refractivity contribution in [2.45, 2.75) is 6.92 Å². The van der Waals surface area contributed by atoms with Crippen LogP contribution in [0.2, 0.25) is 0 Å². The summed E-state index contributed by atoms with van der Waals surface area (Å²) in [5.74, 6) is -1.40. The third kappa shape index (κ3) is 4.00. The van der Waals surface area contributed by atoms with E-state index in [1.165, 1.54) is 31.6 Å². The molecular weight excluding hydrogens is 454 g/mol. The third-order valence-electron chi connectivity index (χ3n) is 3.92. The van der Waals surface area contributed by atoms with E-state index in [4.69, 9.17) is 9.47 Å². The van der Waals surface area contributed by atoms with Crippen LogP contribution in [0.1, 0.15) is 15.2 Å². The topological polar surface area (TPSA) is 60.5 Å². The molecule has 0 radical (unpaired) electrons. The average molecular weight is 469 g/mol. The van der Waals surface area contributed by atoms with Crippen LogP contribution in [0.3, 0.4) is 0 Å². The summed E-state index contributed by atoms with van der Waals surface area (Å²) in [6, 6.07) is 6.70. The number of amides is 1. The molecule has 0 saturated heterocycles. The number of carbonyl (C=O) groups excluding carboxylic acids is 1.